The number of aliphatic hydroxyl groups excluding tert-OH is 2. The first-order valence-electron chi connectivity index (χ1n) is 18.3. The molecule has 4 N–H and O–H groups in total. The average Bonchev–Trinajstić information content (AvgIpc) is 3.08. The number of aliphatic hydroxyl groups is 2. The van der Waals surface area contributed by atoms with Crippen molar-refractivity contribution in [2.75, 3.05) is 21.1 Å². The van der Waals surface area contributed by atoms with Crippen LogP contribution in [0.15, 0.2) is 42.5 Å². The summed E-state index contributed by atoms with van der Waals surface area (Å²) in [5.41, 5.74) is 0.912. The third-order valence-electron chi connectivity index (χ3n) is 10.5. The van der Waals surface area contributed by atoms with Crippen LogP contribution >= 0.6 is 0 Å². The molecule has 274 valence electrons. The van der Waals surface area contributed by atoms with Crippen molar-refractivity contribution in [2.45, 2.75) is 135 Å². The molecule has 0 bridgehead atoms. The van der Waals surface area contributed by atoms with Gasteiger partial charge in [-0.25, -0.2) is 4.79 Å². The molecule has 10 nitrogen and oxygen atoms in total. The molecule has 3 rings (SSSR count). The summed E-state index contributed by atoms with van der Waals surface area (Å²) >= 11 is 0. The third kappa shape index (κ3) is 10.9. The van der Waals surface area contributed by atoms with Gasteiger partial charge < -0.3 is 30.6 Å². The van der Waals surface area contributed by atoms with Crippen LogP contribution in [0, 0.1) is 11.8 Å². The lowest BCUT2D eigenvalue weighted by Gasteiger charge is -2.42. The van der Waals surface area contributed by atoms with Crippen molar-refractivity contribution >= 4 is 28.6 Å². The number of hydrogen-bond donors (Lipinski definition) is 4. The second-order valence-corrected chi connectivity index (χ2v) is 14.9. The molecule has 0 aromatic heterocycles. The van der Waals surface area contributed by atoms with E-state index in [1.54, 1.807) is 23.8 Å². The van der Waals surface area contributed by atoms with Gasteiger partial charge >= 0.3 is 6.03 Å². The Labute approximate surface area is 294 Å². The molecule has 4 unspecified atom stereocenters. The van der Waals surface area contributed by atoms with Crippen molar-refractivity contribution in [2.24, 2.45) is 11.8 Å². The Balaban J connectivity index is 1.88. The molecule has 0 saturated heterocycles. The van der Waals surface area contributed by atoms with Crippen LogP contribution in [-0.4, -0.2) is 106 Å². The number of carbonyl (C=O) groups excluding carboxylic acids is 3. The van der Waals surface area contributed by atoms with Crippen LogP contribution in [0.2, 0.25) is 0 Å². The fourth-order valence-corrected chi connectivity index (χ4v) is 6.83. The van der Waals surface area contributed by atoms with Crippen LogP contribution < -0.4 is 10.6 Å². The Hall–Kier alpha value is -3.21. The van der Waals surface area contributed by atoms with Gasteiger partial charge in [0.1, 0.15) is 18.2 Å². The lowest BCUT2D eigenvalue weighted by Crippen LogP contribution is -2.62. The fourth-order valence-electron chi connectivity index (χ4n) is 6.83. The number of fused-ring (bicyclic) bond motifs is 1. The van der Waals surface area contributed by atoms with Crippen LogP contribution in [0.1, 0.15) is 92.1 Å². The maximum Gasteiger partial charge on any atom is 0.321 e. The van der Waals surface area contributed by atoms with Gasteiger partial charge in [0.2, 0.25) is 11.8 Å². The molecule has 1 saturated carbocycles. The van der Waals surface area contributed by atoms with Crippen LogP contribution in [0.3, 0.4) is 0 Å². The predicted octanol–water partition coefficient (Wildman–Crippen LogP) is 5.15. The van der Waals surface area contributed by atoms with Crippen molar-refractivity contribution in [3.8, 4) is 0 Å². The third-order valence-corrected chi connectivity index (χ3v) is 10.5. The molecule has 7 atom stereocenters. The highest BCUT2D eigenvalue weighted by Gasteiger charge is 2.39. The summed E-state index contributed by atoms with van der Waals surface area (Å²) in [6, 6.07) is 11.2. The van der Waals surface area contributed by atoms with Gasteiger partial charge in [0.25, 0.3) is 0 Å². The molecule has 2 aromatic carbocycles. The minimum absolute atomic E-state index is 0.0707. The monoisotopic (exact) mass is 681 g/mol. The highest BCUT2D eigenvalue weighted by molar-refractivity contribution is 5.92. The van der Waals surface area contributed by atoms with Gasteiger partial charge in [-0.1, -0.05) is 95.8 Å². The van der Waals surface area contributed by atoms with Crippen LogP contribution in [0.5, 0.6) is 0 Å². The number of amides is 4. The summed E-state index contributed by atoms with van der Waals surface area (Å²) in [4.78, 5) is 47.5. The minimum Gasteiger partial charge on any atom is -0.390 e. The van der Waals surface area contributed by atoms with E-state index in [2.05, 4.69) is 10.6 Å². The van der Waals surface area contributed by atoms with Crippen LogP contribution in [0.4, 0.5) is 4.79 Å². The zero-order valence-electron chi connectivity index (χ0n) is 31.4. The zero-order valence-corrected chi connectivity index (χ0v) is 31.4. The molecule has 0 heterocycles. The molecule has 10 heteroatoms. The van der Waals surface area contributed by atoms with Gasteiger partial charge in [0.05, 0.1) is 18.3 Å². The largest absolute Gasteiger partial charge is 0.390 e. The zero-order chi connectivity index (χ0) is 36.4. The molecule has 1 aliphatic rings. The van der Waals surface area contributed by atoms with E-state index in [-0.39, 0.29) is 30.1 Å². The first-order valence-corrected chi connectivity index (χ1v) is 18.3. The second kappa shape index (κ2) is 18.7. The molecule has 0 spiro atoms. The van der Waals surface area contributed by atoms with Crippen molar-refractivity contribution in [1.29, 1.82) is 0 Å². The number of urea groups is 1. The van der Waals surface area contributed by atoms with Crippen molar-refractivity contribution in [3.05, 3.63) is 48.0 Å². The maximum absolute atomic E-state index is 14.1. The minimum atomic E-state index is -1.22. The van der Waals surface area contributed by atoms with Crippen LogP contribution in [0.25, 0.3) is 10.8 Å². The summed E-state index contributed by atoms with van der Waals surface area (Å²) in [6.07, 6.45) is 3.61. The van der Waals surface area contributed by atoms with E-state index in [0.29, 0.717) is 19.3 Å². The number of benzene rings is 2. The smallest absolute Gasteiger partial charge is 0.321 e. The standard InChI is InChI=1S/C39H63N5O5/c1-10-26(4)35(41-37(47)27(5)44(32-18-12-11-13-19-32)39(49)43(9)28(6)42(7)8)38(48)40-33(36(46)34(45)22-25(2)3)24-29-20-21-30-16-14-15-17-31(30)23-29/h14-17,20-21,23,25-28,32-36,45-46H,10-13,18-19,22,24H2,1-9H3,(H,40,48)(H,41,47)/t26?,27?,28?,33-,34-,35?,36+/m0/s1. The summed E-state index contributed by atoms with van der Waals surface area (Å²) in [6.45, 7) is 11.5. The SMILES string of the molecule is CCC(C)C(NC(=O)C(C)N(C(=O)N(C)C(C)N(C)C)C1CCCCC1)C(=O)N[C@@H](Cc1ccc2ccccc2c1)[C@@H](O)[C@@H](O)CC(C)C. The topological polar surface area (TPSA) is 125 Å². The summed E-state index contributed by atoms with van der Waals surface area (Å²) < 4.78 is 0. The number of nitrogens with one attached hydrogen (secondary N) is 2. The highest BCUT2D eigenvalue weighted by Crippen LogP contribution is 2.26. The predicted molar refractivity (Wildman–Crippen MR) is 197 cm³/mol. The molecule has 2 aromatic rings. The van der Waals surface area contributed by atoms with Crippen molar-refractivity contribution < 1.29 is 24.6 Å². The summed E-state index contributed by atoms with van der Waals surface area (Å²) in [7, 11) is 5.59. The summed E-state index contributed by atoms with van der Waals surface area (Å²) in [5, 5.41) is 30.6. The Morgan fingerprint density at radius 1 is 0.857 bits per heavy atom. The molecule has 4 amide bonds. The molecule has 1 aliphatic carbocycles. The van der Waals surface area contributed by atoms with E-state index in [9.17, 15) is 24.6 Å². The summed E-state index contributed by atoms with van der Waals surface area (Å²) in [5.74, 6) is -0.905. The molecule has 0 aliphatic heterocycles. The molecule has 0 radical (unpaired) electrons. The molecular weight excluding hydrogens is 618 g/mol. The highest BCUT2D eigenvalue weighted by atomic mass is 16.3. The first-order chi connectivity index (χ1) is 23.2. The van der Waals surface area contributed by atoms with Crippen molar-refractivity contribution in [1.82, 2.24) is 25.3 Å². The maximum atomic E-state index is 14.1. The number of rotatable bonds is 16. The normalized spacial score (nSPS) is 18.3. The molecule has 49 heavy (non-hydrogen) atoms. The van der Waals surface area contributed by atoms with Gasteiger partial charge in [0, 0.05) is 13.1 Å². The molecule has 1 fully saturated rings. The van der Waals surface area contributed by atoms with Crippen LogP contribution in [-0.2, 0) is 16.0 Å². The molecular formula is C39H63N5O5. The lowest BCUT2D eigenvalue weighted by atomic mass is 9.91. The van der Waals surface area contributed by atoms with Gasteiger partial charge in [-0.05, 0) is 81.8 Å². The Morgan fingerprint density at radius 2 is 1.49 bits per heavy atom. The van der Waals surface area contributed by atoms with E-state index < -0.39 is 42.1 Å². The first kappa shape index (κ1) is 40.2. The van der Waals surface area contributed by atoms with E-state index in [1.807, 2.05) is 96.1 Å². The van der Waals surface area contributed by atoms with Gasteiger partial charge in [-0.2, -0.15) is 0 Å². The van der Waals surface area contributed by atoms with E-state index in [1.165, 1.54) is 0 Å². The van der Waals surface area contributed by atoms with Gasteiger partial charge in [-0.15, -0.1) is 0 Å². The Kier molecular flexibility index (Phi) is 15.3. The lowest BCUT2D eigenvalue weighted by molar-refractivity contribution is -0.134. The van der Waals surface area contributed by atoms with Crippen molar-refractivity contribution in [3.63, 3.8) is 0 Å². The van der Waals surface area contributed by atoms with E-state index >= 15 is 0 Å². The second-order valence-electron chi connectivity index (χ2n) is 14.9. The fraction of sp³-hybridized carbons (Fsp3) is 0.667. The number of carbonyl (C=O) groups is 3. The van der Waals surface area contributed by atoms with E-state index in [0.717, 1.165) is 48.4 Å². The van der Waals surface area contributed by atoms with E-state index in [4.69, 9.17) is 0 Å². The average molecular weight is 682 g/mol. The quantitative estimate of drug-likeness (QED) is 0.182. The number of nitrogens with zero attached hydrogens (tertiary/aromatic N) is 3. The number of hydrogen-bond acceptors (Lipinski definition) is 6. The van der Waals surface area contributed by atoms with Gasteiger partial charge in [-0.3, -0.25) is 14.5 Å². The van der Waals surface area contributed by atoms with Gasteiger partial charge in [0.15, 0.2) is 0 Å². The Morgan fingerprint density at radius 3 is 2.08 bits per heavy atom. The Bertz CT molecular complexity index is 1360.